The number of hydrogen-bond donors (Lipinski definition) is 0. The molecule has 2 aliphatic rings. The van der Waals surface area contributed by atoms with E-state index in [4.69, 9.17) is 0 Å². The number of rotatable bonds is 6. The van der Waals surface area contributed by atoms with Crippen LogP contribution in [0.4, 0.5) is 0 Å². The maximum absolute atomic E-state index is 2.75. The number of hydrogen-bond acceptors (Lipinski definition) is 0. The molecule has 6 aromatic carbocycles. The van der Waals surface area contributed by atoms with Crippen molar-refractivity contribution in [2.75, 3.05) is 0 Å². The molecule has 0 saturated heterocycles. The van der Waals surface area contributed by atoms with Crippen LogP contribution in [0, 0.1) is 13.8 Å². The van der Waals surface area contributed by atoms with Gasteiger partial charge in [-0.2, -0.15) is 0 Å². The van der Waals surface area contributed by atoms with Crippen LogP contribution in [0.2, 0.25) is 0 Å². The first-order chi connectivity index (χ1) is 25.9. The normalized spacial score (nSPS) is 13.2. The Morgan fingerprint density at radius 1 is 0.518 bits per heavy atom. The molecule has 4 heteroatoms. The standard InChI is InChI=1S/C33H33.C14H14Si.C5H5.2ClH.Zr/c1-32(2,3)30-20-26-24(18-28(30)22-13-9-7-10-14-22)17-25-19-29(23-15-11-8-12-16-23)31(21-27(25)26)33(4,5)6;1-11-3-7-13(8-4-11)15-14-9-5-12(2)6-10-14;1-2-4-5-3-1;;;/h7-21H,1-6H3;3-10H,1-2H3;1-3H,4H2;2*1H;/q;;;;;+2/p-2. The molecule has 8 rings (SSSR count). The minimum absolute atomic E-state index is 0. The minimum atomic E-state index is -2.75. The van der Waals surface area contributed by atoms with Gasteiger partial charge in [0.2, 0.25) is 0 Å². The van der Waals surface area contributed by atoms with Gasteiger partial charge in [-0.25, -0.2) is 0 Å². The van der Waals surface area contributed by atoms with E-state index in [0.29, 0.717) is 3.63 Å². The molecule has 0 atom stereocenters. The van der Waals surface area contributed by atoms with Crippen LogP contribution < -0.4 is 35.2 Å². The van der Waals surface area contributed by atoms with Crippen LogP contribution in [0.25, 0.3) is 33.4 Å². The van der Waals surface area contributed by atoms with Crippen molar-refractivity contribution in [1.82, 2.24) is 0 Å². The van der Waals surface area contributed by atoms with E-state index in [0.717, 1.165) is 6.42 Å². The Balaban J connectivity index is 0.00000266. The van der Waals surface area contributed by atoms with Crippen molar-refractivity contribution in [3.05, 3.63) is 188 Å². The summed E-state index contributed by atoms with van der Waals surface area (Å²) in [5, 5.41) is 3.13. The Kier molecular flexibility index (Phi) is 12.6. The molecule has 0 amide bonds. The summed E-state index contributed by atoms with van der Waals surface area (Å²) in [5.41, 5.74) is 15.8. The van der Waals surface area contributed by atoms with Gasteiger partial charge in [-0.1, -0.05) is 0 Å². The molecule has 0 bridgehead atoms. The average molecular weight is 867 g/mol. The molecular formula is C52H52Cl2SiZr. The van der Waals surface area contributed by atoms with E-state index < -0.39 is 25.8 Å². The molecule has 6 aromatic rings. The first kappa shape index (κ1) is 42.1. The van der Waals surface area contributed by atoms with Gasteiger partial charge >= 0.3 is 334 Å². The first-order valence-electron chi connectivity index (χ1n) is 19.6. The fraction of sp³-hybridized carbons (Fsp3) is 0.231. The van der Waals surface area contributed by atoms with E-state index in [2.05, 4.69) is 207 Å². The third-order valence-electron chi connectivity index (χ3n) is 11.4. The zero-order valence-electron chi connectivity index (χ0n) is 34.0. The molecule has 0 nitrogen and oxygen atoms in total. The third kappa shape index (κ3) is 8.11. The van der Waals surface area contributed by atoms with Crippen LogP contribution in [-0.4, -0.2) is 5.43 Å². The average Bonchev–Trinajstić information content (AvgIpc) is 3.80. The van der Waals surface area contributed by atoms with Crippen molar-refractivity contribution in [3.63, 3.8) is 0 Å². The van der Waals surface area contributed by atoms with Gasteiger partial charge in [0.25, 0.3) is 0 Å². The Labute approximate surface area is 356 Å². The molecule has 0 unspecified atom stereocenters. The second-order valence-corrected chi connectivity index (χ2v) is 31.3. The van der Waals surface area contributed by atoms with Crippen LogP contribution in [0.3, 0.4) is 0 Å². The molecule has 0 radical (unpaired) electrons. The van der Waals surface area contributed by atoms with Crippen molar-refractivity contribution < 1.29 is 45.2 Å². The van der Waals surface area contributed by atoms with Crippen molar-refractivity contribution in [2.45, 2.75) is 76.3 Å². The number of halogens is 2. The molecule has 0 heterocycles. The van der Waals surface area contributed by atoms with Gasteiger partial charge in [-0.05, 0) is 0 Å². The Morgan fingerprint density at radius 2 is 0.929 bits per heavy atom. The monoisotopic (exact) mass is 864 g/mol. The number of allylic oxidation sites excluding steroid dienone is 4. The zero-order chi connectivity index (χ0) is 37.8. The largest absolute Gasteiger partial charge is 1.00 e. The van der Waals surface area contributed by atoms with Gasteiger partial charge in [-0.15, -0.1) is 0 Å². The quantitative estimate of drug-likeness (QED) is 0.166. The SMILES string of the molecule is Cc1ccc([Si](c2ccc(C)cc2)=[Zr+2]([C]2=CC=CC2)[CH]2c3cc(-c4ccccc4)c(C(C)(C)C)cc3-c3cc(C(C)(C)C)c(-c4ccccc4)cc32)cc1.[Cl-].[Cl-]. The summed E-state index contributed by atoms with van der Waals surface area (Å²) in [5.74, 6) is 0. The van der Waals surface area contributed by atoms with Crippen molar-refractivity contribution in [3.8, 4) is 33.4 Å². The van der Waals surface area contributed by atoms with Gasteiger partial charge < -0.3 is 24.8 Å². The van der Waals surface area contributed by atoms with E-state index in [9.17, 15) is 0 Å². The summed E-state index contributed by atoms with van der Waals surface area (Å²) >= 11 is -2.75. The van der Waals surface area contributed by atoms with Crippen molar-refractivity contribution in [2.24, 2.45) is 0 Å². The summed E-state index contributed by atoms with van der Waals surface area (Å²) in [4.78, 5) is 0. The maximum Gasteiger partial charge on any atom is -1.00 e. The zero-order valence-corrected chi connectivity index (χ0v) is 38.9. The molecular weight excluding hydrogens is 815 g/mol. The molecule has 0 spiro atoms. The minimum Gasteiger partial charge on any atom is -1.00 e. The van der Waals surface area contributed by atoms with Crippen molar-refractivity contribution >= 4 is 15.8 Å². The van der Waals surface area contributed by atoms with E-state index in [1.807, 2.05) is 0 Å². The summed E-state index contributed by atoms with van der Waals surface area (Å²) in [6, 6.07) is 52.3. The molecule has 0 aliphatic heterocycles. The fourth-order valence-corrected chi connectivity index (χ4v) is 30.8. The smallest absolute Gasteiger partial charge is 1.00 e. The topological polar surface area (TPSA) is 0 Å². The van der Waals surface area contributed by atoms with Crippen LogP contribution >= 0.6 is 0 Å². The van der Waals surface area contributed by atoms with E-state index >= 15 is 0 Å². The second kappa shape index (κ2) is 16.8. The third-order valence-corrected chi connectivity index (χ3v) is 31.2. The Bertz CT molecular complexity index is 2310. The molecule has 0 saturated carbocycles. The maximum atomic E-state index is 2.67. The van der Waals surface area contributed by atoms with Crippen LogP contribution in [0.1, 0.15) is 85.0 Å². The van der Waals surface area contributed by atoms with E-state index in [-0.39, 0.29) is 35.6 Å². The van der Waals surface area contributed by atoms with Crippen LogP contribution in [0.5, 0.6) is 0 Å². The molecule has 0 aromatic heterocycles. The van der Waals surface area contributed by atoms with Crippen LogP contribution in [-0.2, 0) is 31.2 Å². The number of benzene rings is 6. The summed E-state index contributed by atoms with van der Waals surface area (Å²) in [7, 11) is 0. The predicted octanol–water partition coefficient (Wildman–Crippen LogP) is 6.58. The molecule has 2 aliphatic carbocycles. The van der Waals surface area contributed by atoms with Gasteiger partial charge in [0.05, 0.1) is 0 Å². The van der Waals surface area contributed by atoms with Crippen molar-refractivity contribution in [1.29, 1.82) is 0 Å². The summed E-state index contributed by atoms with van der Waals surface area (Å²) in [6.45, 7) is 18.8. The molecule has 282 valence electrons. The van der Waals surface area contributed by atoms with Gasteiger partial charge in [-0.3, -0.25) is 0 Å². The summed E-state index contributed by atoms with van der Waals surface area (Å²) in [6.07, 6.45) is 8.40. The number of aryl methyl sites for hydroxylation is 2. The molecule has 56 heavy (non-hydrogen) atoms. The molecule has 0 N–H and O–H groups in total. The number of fused-ring (bicyclic) bond motifs is 3. The van der Waals surface area contributed by atoms with Gasteiger partial charge in [0.1, 0.15) is 0 Å². The van der Waals surface area contributed by atoms with Crippen LogP contribution in [0.15, 0.2) is 155 Å². The van der Waals surface area contributed by atoms with E-state index in [1.165, 1.54) is 55.6 Å². The molecule has 0 fully saturated rings. The first-order valence-corrected chi connectivity index (χ1v) is 27.4. The fourth-order valence-electron chi connectivity index (χ4n) is 8.67. The van der Waals surface area contributed by atoms with Gasteiger partial charge in [0.15, 0.2) is 0 Å². The predicted molar refractivity (Wildman–Crippen MR) is 231 cm³/mol. The Morgan fingerprint density at radius 3 is 1.29 bits per heavy atom. The van der Waals surface area contributed by atoms with E-state index in [1.54, 1.807) is 24.8 Å². The summed E-state index contributed by atoms with van der Waals surface area (Å²) < 4.78 is 2.13. The second-order valence-electron chi connectivity index (χ2n) is 17.5. The van der Waals surface area contributed by atoms with Gasteiger partial charge in [0, 0.05) is 0 Å². The Hall–Kier alpha value is -3.52.